The van der Waals surface area contributed by atoms with Crippen LogP contribution in [0.15, 0.2) is 89.5 Å². The Hall–Kier alpha value is -5.58. The molecule has 4 amide bonds. The van der Waals surface area contributed by atoms with Crippen molar-refractivity contribution in [3.05, 3.63) is 112 Å². The van der Waals surface area contributed by atoms with Crippen LogP contribution >= 0.6 is 23.1 Å². The van der Waals surface area contributed by atoms with E-state index in [-0.39, 0.29) is 11.6 Å². The van der Waals surface area contributed by atoms with Crippen molar-refractivity contribution in [2.24, 2.45) is 0 Å². The van der Waals surface area contributed by atoms with E-state index in [9.17, 15) is 24.4 Å². The zero-order valence-electron chi connectivity index (χ0n) is 30.1. The third-order valence-corrected chi connectivity index (χ3v) is 10.1. The summed E-state index contributed by atoms with van der Waals surface area (Å²) >= 11 is 2.58. The van der Waals surface area contributed by atoms with Crippen molar-refractivity contribution in [1.82, 2.24) is 10.2 Å². The van der Waals surface area contributed by atoms with Gasteiger partial charge in [0, 0.05) is 33.1 Å². The Bertz CT molecular complexity index is 2070. The van der Waals surface area contributed by atoms with E-state index in [1.807, 2.05) is 45.9 Å². The smallest absolute Gasteiger partial charge is 0.410 e. The number of ether oxygens (including phenoxy) is 2. The van der Waals surface area contributed by atoms with Gasteiger partial charge >= 0.3 is 6.09 Å². The molecule has 1 atom stereocenters. The number of rotatable bonds is 11. The summed E-state index contributed by atoms with van der Waals surface area (Å²) in [5, 5.41) is 18.4. The van der Waals surface area contributed by atoms with Crippen LogP contribution in [0.2, 0.25) is 0 Å². The Morgan fingerprint density at radius 3 is 2.47 bits per heavy atom. The van der Waals surface area contributed by atoms with Crippen molar-refractivity contribution < 1.29 is 28.7 Å². The Morgan fingerprint density at radius 1 is 1.02 bits per heavy atom. The van der Waals surface area contributed by atoms with Crippen LogP contribution in [0.3, 0.4) is 0 Å². The van der Waals surface area contributed by atoms with Gasteiger partial charge in [-0.05, 0) is 89.1 Å². The number of nitrogens with zero attached hydrogens (tertiary/aromatic N) is 2. The third kappa shape index (κ3) is 10.3. The quantitative estimate of drug-likeness (QED) is 0.104. The lowest BCUT2D eigenvalue weighted by atomic mass is 10.0. The van der Waals surface area contributed by atoms with E-state index in [1.54, 1.807) is 78.6 Å². The average Bonchev–Trinajstić information content (AvgIpc) is 3.48. The second-order valence-electron chi connectivity index (χ2n) is 13.1. The number of para-hydroxylation sites is 1. The fourth-order valence-electron chi connectivity index (χ4n) is 5.39. The van der Waals surface area contributed by atoms with Crippen molar-refractivity contribution in [3.63, 3.8) is 0 Å². The van der Waals surface area contributed by atoms with Crippen molar-refractivity contribution in [2.45, 2.75) is 63.3 Å². The molecule has 53 heavy (non-hydrogen) atoms. The number of thioether (sulfide) groups is 1. The Kier molecular flexibility index (Phi) is 12.6. The number of hydrogen-bond donors (Lipinski definition) is 3. The minimum atomic E-state index is -0.626. The third-order valence-electron chi connectivity index (χ3n) is 7.88. The van der Waals surface area contributed by atoms with Gasteiger partial charge in [-0.15, -0.1) is 23.1 Å². The fourth-order valence-corrected chi connectivity index (χ4v) is 7.54. The lowest BCUT2D eigenvalue weighted by Crippen LogP contribution is -2.39. The maximum absolute atomic E-state index is 13.7. The molecule has 1 aliphatic heterocycles. The highest BCUT2D eigenvalue weighted by Gasteiger charge is 2.30. The van der Waals surface area contributed by atoms with E-state index in [4.69, 9.17) is 9.47 Å². The van der Waals surface area contributed by atoms with Gasteiger partial charge in [0.05, 0.1) is 24.0 Å². The summed E-state index contributed by atoms with van der Waals surface area (Å²) in [4.78, 5) is 56.1. The van der Waals surface area contributed by atoms with Gasteiger partial charge in [0.2, 0.25) is 5.91 Å². The first kappa shape index (κ1) is 38.6. The minimum Gasteiger partial charge on any atom is -0.493 e. The van der Waals surface area contributed by atoms with Gasteiger partial charge in [-0.3, -0.25) is 14.4 Å². The molecule has 5 rings (SSSR count). The van der Waals surface area contributed by atoms with Gasteiger partial charge in [0.15, 0.2) is 0 Å². The van der Waals surface area contributed by atoms with Crippen LogP contribution in [0.25, 0.3) is 6.08 Å². The monoisotopic (exact) mass is 751 g/mol. The predicted octanol–water partition coefficient (Wildman–Crippen LogP) is 7.84. The molecule has 0 saturated carbocycles. The van der Waals surface area contributed by atoms with Gasteiger partial charge < -0.3 is 30.3 Å². The summed E-state index contributed by atoms with van der Waals surface area (Å²) in [5.41, 5.74) is 2.10. The second kappa shape index (κ2) is 17.3. The maximum Gasteiger partial charge on any atom is 0.410 e. The number of nitriles is 1. The lowest BCUT2D eigenvalue weighted by molar-refractivity contribution is -0.115. The molecule has 13 heteroatoms. The van der Waals surface area contributed by atoms with E-state index in [0.717, 1.165) is 10.4 Å². The first-order chi connectivity index (χ1) is 25.3. The first-order valence-electron chi connectivity index (χ1n) is 17.1. The van der Waals surface area contributed by atoms with E-state index in [2.05, 4.69) is 22.0 Å². The van der Waals surface area contributed by atoms with Crippen LogP contribution < -0.4 is 20.7 Å². The molecule has 1 aromatic heterocycles. The number of amides is 4. The molecule has 0 saturated heterocycles. The number of thiophene rings is 1. The summed E-state index contributed by atoms with van der Waals surface area (Å²) in [6, 6.07) is 25.1. The first-order valence-corrected chi connectivity index (χ1v) is 18.8. The largest absolute Gasteiger partial charge is 0.493 e. The number of nitrogens with one attached hydrogen (secondary N) is 3. The van der Waals surface area contributed by atoms with Crippen molar-refractivity contribution in [1.29, 1.82) is 5.26 Å². The van der Waals surface area contributed by atoms with Crippen LogP contribution in [0.4, 0.5) is 15.5 Å². The van der Waals surface area contributed by atoms with Gasteiger partial charge in [0.25, 0.3) is 11.8 Å². The summed E-state index contributed by atoms with van der Waals surface area (Å²) in [5.74, 6) is -0.737. The Labute approximate surface area is 317 Å². The summed E-state index contributed by atoms with van der Waals surface area (Å²) in [7, 11) is 0. The van der Waals surface area contributed by atoms with Crippen LogP contribution in [0.5, 0.6) is 5.75 Å². The molecular formula is C40H41N5O6S2. The van der Waals surface area contributed by atoms with Crippen LogP contribution in [0.1, 0.15) is 66.5 Å². The highest BCUT2D eigenvalue weighted by Crippen LogP contribution is 2.38. The molecule has 0 bridgehead atoms. The van der Waals surface area contributed by atoms with E-state index in [0.29, 0.717) is 64.1 Å². The molecule has 0 radical (unpaired) electrons. The van der Waals surface area contributed by atoms with Gasteiger partial charge in [0.1, 0.15) is 28.1 Å². The summed E-state index contributed by atoms with van der Waals surface area (Å²) in [6.07, 6.45) is 1.64. The number of carbonyl (C=O) groups is 4. The molecule has 3 N–H and O–H groups in total. The van der Waals surface area contributed by atoms with Crippen LogP contribution in [0, 0.1) is 11.3 Å². The van der Waals surface area contributed by atoms with E-state index in [1.165, 1.54) is 23.1 Å². The number of hydrogen-bond acceptors (Lipinski definition) is 9. The topological polar surface area (TPSA) is 150 Å². The van der Waals surface area contributed by atoms with E-state index < -0.39 is 28.8 Å². The number of carbonyl (C=O) groups excluding carboxylic acids is 4. The molecular weight excluding hydrogens is 711 g/mol. The van der Waals surface area contributed by atoms with Gasteiger partial charge in [-0.2, -0.15) is 5.26 Å². The fraction of sp³-hybridized carbons (Fsp3) is 0.275. The second-order valence-corrected chi connectivity index (χ2v) is 15.6. The van der Waals surface area contributed by atoms with Crippen molar-refractivity contribution in [2.75, 3.05) is 23.8 Å². The van der Waals surface area contributed by atoms with Crippen LogP contribution in [-0.4, -0.2) is 52.7 Å². The van der Waals surface area contributed by atoms with Crippen molar-refractivity contribution in [3.8, 4) is 11.8 Å². The zero-order chi connectivity index (χ0) is 38.1. The molecule has 4 aromatic rings. The minimum absolute atomic E-state index is 0.0120. The molecule has 274 valence electrons. The van der Waals surface area contributed by atoms with Gasteiger partial charge in [-0.25, -0.2) is 4.79 Å². The standard InChI is InChI=1S/C40H41N5O6S2/c1-6-50-33-18-11-10-15-27(33)21-32(43-36(47)26-13-8-7-9-14-26)37(48)42-28-16-12-17-29(22-28)52-25(2)35(46)44-38-31(23-41)30-19-20-45(24-34(30)53-38)39(49)51-40(3,4)5/h7-18,21-22,25H,6,19-20,24H2,1-5H3,(H,42,48)(H,43,47)(H,44,46)/b32-21+. The Morgan fingerprint density at radius 2 is 1.75 bits per heavy atom. The molecule has 1 aliphatic rings. The van der Waals surface area contributed by atoms with E-state index >= 15 is 0 Å². The lowest BCUT2D eigenvalue weighted by Gasteiger charge is -2.29. The summed E-state index contributed by atoms with van der Waals surface area (Å²) in [6.45, 7) is 10.2. The Balaban J connectivity index is 1.28. The number of benzene rings is 3. The molecule has 2 heterocycles. The SMILES string of the molecule is CCOc1ccccc1/C=C(/NC(=O)c1ccccc1)C(=O)Nc1cccc(SC(C)C(=O)Nc2sc3c(c2C#N)CCN(C(=O)OC(C)(C)C)C3)c1. The van der Waals surface area contributed by atoms with Crippen LogP contribution in [-0.2, 0) is 27.3 Å². The maximum atomic E-state index is 13.7. The van der Waals surface area contributed by atoms with Crippen molar-refractivity contribution >= 4 is 63.7 Å². The average molecular weight is 752 g/mol. The number of fused-ring (bicyclic) bond motifs is 1. The summed E-state index contributed by atoms with van der Waals surface area (Å²) < 4.78 is 11.3. The number of anilines is 2. The predicted molar refractivity (Wildman–Crippen MR) is 208 cm³/mol. The molecule has 0 aliphatic carbocycles. The highest BCUT2D eigenvalue weighted by atomic mass is 32.2. The van der Waals surface area contributed by atoms with Gasteiger partial charge in [-0.1, -0.05) is 42.5 Å². The molecule has 1 unspecified atom stereocenters. The zero-order valence-corrected chi connectivity index (χ0v) is 31.8. The highest BCUT2D eigenvalue weighted by molar-refractivity contribution is 8.00. The molecule has 0 fully saturated rings. The molecule has 3 aromatic carbocycles. The molecule has 0 spiro atoms. The normalized spacial score (nSPS) is 13.2. The molecule has 11 nitrogen and oxygen atoms in total.